The normalized spacial score (nSPS) is 10.7. The molecular formula is C50H56. The minimum Gasteiger partial charge on any atom is -0.0776 e. The summed E-state index contributed by atoms with van der Waals surface area (Å²) in [6.45, 7) is 17.7. The molecule has 0 atom stereocenters. The van der Waals surface area contributed by atoms with Crippen LogP contribution < -0.4 is 0 Å². The van der Waals surface area contributed by atoms with Gasteiger partial charge in [0.15, 0.2) is 0 Å². The van der Waals surface area contributed by atoms with Crippen molar-refractivity contribution in [2.24, 2.45) is 0 Å². The first-order valence-corrected chi connectivity index (χ1v) is 16.9. The maximum Gasteiger partial charge on any atom is 0.0249 e. The Morgan fingerprint density at radius 1 is 0.300 bits per heavy atom. The van der Waals surface area contributed by atoms with E-state index >= 15 is 0 Å². The molecule has 0 aromatic heterocycles. The van der Waals surface area contributed by atoms with Gasteiger partial charge in [0.2, 0.25) is 0 Å². The highest BCUT2D eigenvalue weighted by Gasteiger charge is 2.14. The molecule has 6 aromatic carbocycles. The van der Waals surface area contributed by atoms with Gasteiger partial charge in [0, 0.05) is 11.1 Å². The molecule has 0 heterocycles. The van der Waals surface area contributed by atoms with Crippen LogP contribution in [0.1, 0.15) is 89.8 Å². The summed E-state index contributed by atoms with van der Waals surface area (Å²) in [6.07, 6.45) is 0. The topological polar surface area (TPSA) is 0 Å². The monoisotopic (exact) mass is 656 g/mol. The van der Waals surface area contributed by atoms with Crippen LogP contribution in [0.15, 0.2) is 146 Å². The summed E-state index contributed by atoms with van der Waals surface area (Å²) in [6, 6.07) is 52.1. The van der Waals surface area contributed by atoms with Crippen molar-refractivity contribution >= 4 is 0 Å². The molecule has 0 aliphatic carbocycles. The van der Waals surface area contributed by atoms with Crippen molar-refractivity contribution in [2.75, 3.05) is 0 Å². The molecule has 0 aliphatic heterocycles. The van der Waals surface area contributed by atoms with Crippen LogP contribution in [-0.4, -0.2) is 0 Å². The Labute approximate surface area is 304 Å². The molecule has 0 heteroatoms. The predicted octanol–water partition coefficient (Wildman–Crippen LogP) is 14.3. The first-order chi connectivity index (χ1) is 22.8. The molecule has 0 spiro atoms. The zero-order valence-corrected chi connectivity index (χ0v) is 29.9. The van der Waals surface area contributed by atoms with Gasteiger partial charge in [-0.1, -0.05) is 201 Å². The number of hydrogen-bond donors (Lipinski definition) is 0. The number of hydrogen-bond acceptors (Lipinski definition) is 0. The molecule has 0 radical (unpaired) electrons. The van der Waals surface area contributed by atoms with Crippen molar-refractivity contribution in [3.05, 3.63) is 179 Å². The van der Waals surface area contributed by atoms with Crippen molar-refractivity contribution in [1.29, 1.82) is 0 Å². The van der Waals surface area contributed by atoms with Crippen LogP contribution in [0.4, 0.5) is 0 Å². The Bertz CT molecular complexity index is 1960. The van der Waals surface area contributed by atoms with Crippen LogP contribution in [0, 0.1) is 25.7 Å². The molecule has 0 fully saturated rings. The molecule has 0 nitrogen and oxygen atoms in total. The van der Waals surface area contributed by atoms with Crippen LogP contribution in [0.25, 0.3) is 33.4 Å². The van der Waals surface area contributed by atoms with Crippen LogP contribution in [0.3, 0.4) is 0 Å². The SMILES string of the molecule is C.C.Cc1ccc(-c2ccc(-c3ccc(C(C)(C)C)cc3)cc2)cc1.Cc1ccc(C#Cc2ccc(-c3ccc(C(C)(C)C)cc3)cc2)cc1. The van der Waals surface area contributed by atoms with Gasteiger partial charge in [0.05, 0.1) is 0 Å². The van der Waals surface area contributed by atoms with Crippen LogP contribution in [0.5, 0.6) is 0 Å². The largest absolute Gasteiger partial charge is 0.0776 e. The van der Waals surface area contributed by atoms with Crippen molar-refractivity contribution < 1.29 is 0 Å². The molecule has 0 bridgehead atoms. The van der Waals surface area contributed by atoms with Gasteiger partial charge >= 0.3 is 0 Å². The smallest absolute Gasteiger partial charge is 0.0249 e. The lowest BCUT2D eigenvalue weighted by molar-refractivity contribution is 0.590. The van der Waals surface area contributed by atoms with Gasteiger partial charge < -0.3 is 0 Å². The molecule has 0 saturated carbocycles. The highest BCUT2D eigenvalue weighted by Crippen LogP contribution is 2.29. The van der Waals surface area contributed by atoms with E-state index in [9.17, 15) is 0 Å². The van der Waals surface area contributed by atoms with E-state index in [1.165, 1.54) is 55.6 Å². The average Bonchev–Trinajstić information content (AvgIpc) is 3.08. The Kier molecular flexibility index (Phi) is 13.4. The minimum absolute atomic E-state index is 0. The van der Waals surface area contributed by atoms with Gasteiger partial charge in [-0.05, 0) is 93.5 Å². The van der Waals surface area contributed by atoms with E-state index < -0.39 is 0 Å². The van der Waals surface area contributed by atoms with Gasteiger partial charge in [-0.3, -0.25) is 0 Å². The summed E-state index contributed by atoms with van der Waals surface area (Å²) in [5.74, 6) is 6.46. The highest BCUT2D eigenvalue weighted by atomic mass is 14.2. The van der Waals surface area contributed by atoms with Gasteiger partial charge in [-0.25, -0.2) is 0 Å². The predicted molar refractivity (Wildman–Crippen MR) is 222 cm³/mol. The number of benzene rings is 6. The average molecular weight is 657 g/mol. The molecule has 0 saturated heterocycles. The molecule has 0 N–H and O–H groups in total. The van der Waals surface area contributed by atoms with E-state index in [1.807, 2.05) is 0 Å². The molecular weight excluding hydrogens is 601 g/mol. The highest BCUT2D eigenvalue weighted by molar-refractivity contribution is 5.71. The first-order valence-electron chi connectivity index (χ1n) is 16.9. The summed E-state index contributed by atoms with van der Waals surface area (Å²) in [4.78, 5) is 0. The van der Waals surface area contributed by atoms with E-state index in [0.717, 1.165) is 11.1 Å². The molecule has 0 amide bonds. The lowest BCUT2D eigenvalue weighted by Gasteiger charge is -2.19. The second kappa shape index (κ2) is 17.0. The van der Waals surface area contributed by atoms with E-state index in [1.54, 1.807) is 0 Å². The fourth-order valence-corrected chi connectivity index (χ4v) is 5.45. The van der Waals surface area contributed by atoms with E-state index in [-0.39, 0.29) is 25.7 Å². The lowest BCUT2D eigenvalue weighted by atomic mass is 9.86. The van der Waals surface area contributed by atoms with Crippen LogP contribution >= 0.6 is 0 Å². The Hall–Kier alpha value is -5.12. The van der Waals surface area contributed by atoms with Gasteiger partial charge in [-0.15, -0.1) is 0 Å². The van der Waals surface area contributed by atoms with E-state index in [2.05, 4.69) is 213 Å². The second-order valence-corrected chi connectivity index (χ2v) is 14.8. The summed E-state index contributed by atoms with van der Waals surface area (Å²) in [7, 11) is 0. The van der Waals surface area contributed by atoms with Crippen molar-refractivity contribution in [3.8, 4) is 45.2 Å². The third-order valence-electron chi connectivity index (χ3n) is 8.73. The Balaban J connectivity index is 0.000000261. The van der Waals surface area contributed by atoms with Gasteiger partial charge in [-0.2, -0.15) is 0 Å². The van der Waals surface area contributed by atoms with E-state index in [0.29, 0.717) is 0 Å². The lowest BCUT2D eigenvalue weighted by Crippen LogP contribution is -2.10. The third kappa shape index (κ3) is 10.7. The summed E-state index contributed by atoms with van der Waals surface area (Å²) >= 11 is 0. The fraction of sp³-hybridized carbons (Fsp3) is 0.240. The molecule has 0 aliphatic rings. The minimum atomic E-state index is 0. The fourth-order valence-electron chi connectivity index (χ4n) is 5.45. The Morgan fingerprint density at radius 2 is 0.500 bits per heavy atom. The second-order valence-electron chi connectivity index (χ2n) is 14.8. The summed E-state index contributed by atoms with van der Waals surface area (Å²) in [5.41, 5.74) is 15.3. The molecule has 6 rings (SSSR count). The summed E-state index contributed by atoms with van der Waals surface area (Å²) in [5, 5.41) is 0. The van der Waals surface area contributed by atoms with Crippen molar-refractivity contribution in [3.63, 3.8) is 0 Å². The van der Waals surface area contributed by atoms with Crippen molar-refractivity contribution in [1.82, 2.24) is 0 Å². The number of rotatable bonds is 3. The third-order valence-corrected chi connectivity index (χ3v) is 8.73. The van der Waals surface area contributed by atoms with E-state index in [4.69, 9.17) is 0 Å². The van der Waals surface area contributed by atoms with Gasteiger partial charge in [0.1, 0.15) is 0 Å². The molecule has 50 heavy (non-hydrogen) atoms. The molecule has 256 valence electrons. The number of aryl methyl sites for hydroxylation is 2. The molecule has 6 aromatic rings. The maximum absolute atomic E-state index is 3.24. The zero-order valence-electron chi connectivity index (χ0n) is 29.9. The van der Waals surface area contributed by atoms with Crippen LogP contribution in [0.2, 0.25) is 0 Å². The zero-order chi connectivity index (χ0) is 34.3. The van der Waals surface area contributed by atoms with Crippen molar-refractivity contribution in [2.45, 2.75) is 81.1 Å². The standard InChI is InChI=1S/C25H24.C23H24.2CH4/c1-19-5-7-20(8-6-19)9-10-21-11-13-22(14-12-21)23-15-17-24(18-16-23)25(2,3)4;1-17-5-7-18(8-6-17)19-9-11-20(12-10-19)21-13-15-22(16-14-21)23(2,3)4;;/h5-8,11-18H,1-4H3;5-16H,1-4H3;2*1H4. The maximum atomic E-state index is 3.24. The van der Waals surface area contributed by atoms with Gasteiger partial charge in [0.25, 0.3) is 0 Å². The first kappa shape index (κ1) is 39.3. The molecule has 0 unspecified atom stereocenters. The Morgan fingerprint density at radius 3 is 0.780 bits per heavy atom. The van der Waals surface area contributed by atoms with Crippen LogP contribution in [-0.2, 0) is 10.8 Å². The quantitative estimate of drug-likeness (QED) is 0.166. The summed E-state index contributed by atoms with van der Waals surface area (Å²) < 4.78 is 0.